The summed E-state index contributed by atoms with van der Waals surface area (Å²) in [7, 11) is 0. The minimum atomic E-state index is 0. The van der Waals surface area contributed by atoms with Crippen molar-refractivity contribution in [3.63, 3.8) is 0 Å². The molecule has 0 aliphatic heterocycles. The molecule has 7 heteroatoms. The SMILES string of the molecule is CCNC(=NCc1ccnc2ccccc12)NCc1c(CC)noc1CC.I. The van der Waals surface area contributed by atoms with Crippen molar-refractivity contribution in [2.75, 3.05) is 6.54 Å². The number of nitrogens with zero attached hydrogens (tertiary/aromatic N) is 3. The van der Waals surface area contributed by atoms with E-state index < -0.39 is 0 Å². The Balaban J connectivity index is 0.00000280. The molecular weight excluding hydrogens is 465 g/mol. The monoisotopic (exact) mass is 493 g/mol. The van der Waals surface area contributed by atoms with Crippen molar-refractivity contribution < 1.29 is 4.52 Å². The normalized spacial score (nSPS) is 11.3. The molecular formula is C21H28IN5O. The first-order chi connectivity index (χ1) is 13.3. The van der Waals surface area contributed by atoms with Crippen LogP contribution in [-0.4, -0.2) is 22.6 Å². The highest BCUT2D eigenvalue weighted by molar-refractivity contribution is 14.0. The number of guanidine groups is 1. The summed E-state index contributed by atoms with van der Waals surface area (Å²) in [6.07, 6.45) is 3.53. The zero-order chi connectivity index (χ0) is 19.1. The molecule has 6 nitrogen and oxygen atoms in total. The Bertz CT molecular complexity index is 895. The standard InChI is InChI=1S/C21H27N5O.HI/c1-4-18-17(20(5-2)27-26-18)14-25-21(22-6-3)24-13-15-11-12-23-19-10-8-7-9-16(15)19;/h7-12H,4-6,13-14H2,1-3H3,(H2,22,24,25);1H. The van der Waals surface area contributed by atoms with Crippen LogP contribution in [0.1, 0.15) is 43.4 Å². The summed E-state index contributed by atoms with van der Waals surface area (Å²) in [5, 5.41) is 12.0. The van der Waals surface area contributed by atoms with Gasteiger partial charge in [-0.05, 0) is 31.0 Å². The van der Waals surface area contributed by atoms with Crippen LogP contribution in [0, 0.1) is 0 Å². The van der Waals surface area contributed by atoms with Crippen LogP contribution in [-0.2, 0) is 25.9 Å². The lowest BCUT2D eigenvalue weighted by atomic mass is 10.1. The van der Waals surface area contributed by atoms with Gasteiger partial charge < -0.3 is 15.2 Å². The highest BCUT2D eigenvalue weighted by Crippen LogP contribution is 2.17. The van der Waals surface area contributed by atoms with Gasteiger partial charge in [-0.3, -0.25) is 4.98 Å². The van der Waals surface area contributed by atoms with E-state index >= 15 is 0 Å². The molecule has 0 bridgehead atoms. The summed E-state index contributed by atoms with van der Waals surface area (Å²) < 4.78 is 5.45. The van der Waals surface area contributed by atoms with Crippen molar-refractivity contribution in [3.05, 3.63) is 59.1 Å². The predicted molar refractivity (Wildman–Crippen MR) is 124 cm³/mol. The van der Waals surface area contributed by atoms with Gasteiger partial charge in [0.1, 0.15) is 5.76 Å². The molecule has 2 heterocycles. The largest absolute Gasteiger partial charge is 0.361 e. The Kier molecular flexibility index (Phi) is 8.69. The van der Waals surface area contributed by atoms with Gasteiger partial charge in [0.15, 0.2) is 5.96 Å². The number of benzene rings is 1. The molecule has 3 aromatic rings. The van der Waals surface area contributed by atoms with Crippen LogP contribution in [0.15, 0.2) is 46.0 Å². The summed E-state index contributed by atoms with van der Waals surface area (Å²) in [5.74, 6) is 1.72. The molecule has 0 radical (unpaired) electrons. The lowest BCUT2D eigenvalue weighted by Gasteiger charge is -2.12. The fourth-order valence-corrected chi connectivity index (χ4v) is 3.11. The van der Waals surface area contributed by atoms with E-state index in [1.165, 1.54) is 0 Å². The zero-order valence-corrected chi connectivity index (χ0v) is 19.0. The van der Waals surface area contributed by atoms with Gasteiger partial charge in [0.05, 0.1) is 17.8 Å². The van der Waals surface area contributed by atoms with Gasteiger partial charge in [0.25, 0.3) is 0 Å². The van der Waals surface area contributed by atoms with Gasteiger partial charge in [-0.2, -0.15) is 0 Å². The van der Waals surface area contributed by atoms with Gasteiger partial charge >= 0.3 is 0 Å². The summed E-state index contributed by atoms with van der Waals surface area (Å²) >= 11 is 0. The number of pyridine rings is 1. The van der Waals surface area contributed by atoms with Crippen molar-refractivity contribution in [2.45, 2.75) is 46.7 Å². The lowest BCUT2D eigenvalue weighted by Crippen LogP contribution is -2.37. The maximum atomic E-state index is 5.45. The van der Waals surface area contributed by atoms with Crippen molar-refractivity contribution in [3.8, 4) is 0 Å². The van der Waals surface area contributed by atoms with Crippen LogP contribution < -0.4 is 10.6 Å². The topological polar surface area (TPSA) is 75.3 Å². The number of rotatable bonds is 7. The Morgan fingerprint density at radius 3 is 2.64 bits per heavy atom. The van der Waals surface area contributed by atoms with E-state index in [9.17, 15) is 0 Å². The smallest absolute Gasteiger partial charge is 0.191 e. The average molecular weight is 493 g/mol. The Labute approximate surface area is 183 Å². The average Bonchev–Trinajstić information content (AvgIpc) is 3.12. The summed E-state index contributed by atoms with van der Waals surface area (Å²) in [6, 6.07) is 10.2. The number of hydrogen-bond donors (Lipinski definition) is 2. The fraction of sp³-hybridized carbons (Fsp3) is 0.381. The molecule has 150 valence electrons. The van der Waals surface area contributed by atoms with Gasteiger partial charge in [0, 0.05) is 36.7 Å². The molecule has 0 saturated heterocycles. The van der Waals surface area contributed by atoms with E-state index in [0.29, 0.717) is 13.1 Å². The van der Waals surface area contributed by atoms with Gasteiger partial charge in [-0.25, -0.2) is 4.99 Å². The van der Waals surface area contributed by atoms with Gasteiger partial charge in [0.2, 0.25) is 0 Å². The molecule has 0 amide bonds. The number of hydrogen-bond acceptors (Lipinski definition) is 4. The van der Waals surface area contributed by atoms with Crippen molar-refractivity contribution in [1.29, 1.82) is 0 Å². The van der Waals surface area contributed by atoms with E-state index in [4.69, 9.17) is 9.52 Å². The van der Waals surface area contributed by atoms with Crippen LogP contribution in [0.25, 0.3) is 10.9 Å². The molecule has 2 aromatic heterocycles. The molecule has 0 fully saturated rings. The molecule has 1 aromatic carbocycles. The molecule has 0 atom stereocenters. The second-order valence-corrected chi connectivity index (χ2v) is 6.27. The quantitative estimate of drug-likeness (QED) is 0.293. The molecule has 0 unspecified atom stereocenters. The van der Waals surface area contributed by atoms with Gasteiger partial charge in [-0.1, -0.05) is 37.2 Å². The molecule has 2 N–H and O–H groups in total. The number of aryl methyl sites for hydroxylation is 2. The minimum Gasteiger partial charge on any atom is -0.361 e. The summed E-state index contributed by atoms with van der Waals surface area (Å²) in [6.45, 7) is 8.27. The molecule has 0 spiro atoms. The highest BCUT2D eigenvalue weighted by Gasteiger charge is 2.13. The van der Waals surface area contributed by atoms with E-state index in [1.54, 1.807) is 0 Å². The van der Waals surface area contributed by atoms with Gasteiger partial charge in [-0.15, -0.1) is 24.0 Å². The number of nitrogens with one attached hydrogen (secondary N) is 2. The molecule has 0 saturated carbocycles. The molecule has 0 aliphatic rings. The first-order valence-electron chi connectivity index (χ1n) is 9.57. The number of aromatic nitrogens is 2. The fourth-order valence-electron chi connectivity index (χ4n) is 3.11. The second-order valence-electron chi connectivity index (χ2n) is 6.27. The van der Waals surface area contributed by atoms with Crippen LogP contribution in [0.5, 0.6) is 0 Å². The maximum Gasteiger partial charge on any atom is 0.191 e. The van der Waals surface area contributed by atoms with Crippen molar-refractivity contribution in [1.82, 2.24) is 20.8 Å². The lowest BCUT2D eigenvalue weighted by molar-refractivity contribution is 0.380. The third-order valence-electron chi connectivity index (χ3n) is 4.53. The first-order valence-corrected chi connectivity index (χ1v) is 9.57. The summed E-state index contributed by atoms with van der Waals surface area (Å²) in [5.41, 5.74) is 4.30. The number of para-hydroxylation sites is 1. The van der Waals surface area contributed by atoms with E-state index in [-0.39, 0.29) is 24.0 Å². The third-order valence-corrected chi connectivity index (χ3v) is 4.53. The Morgan fingerprint density at radius 1 is 1.07 bits per heavy atom. The number of aliphatic imine (C=N–C) groups is 1. The first kappa shape index (κ1) is 22.1. The van der Waals surface area contributed by atoms with Crippen molar-refractivity contribution in [2.24, 2.45) is 4.99 Å². The number of fused-ring (bicyclic) bond motifs is 1. The van der Waals surface area contributed by atoms with Crippen molar-refractivity contribution >= 4 is 40.8 Å². The number of halogens is 1. The second kappa shape index (κ2) is 11.0. The predicted octanol–water partition coefficient (Wildman–Crippen LogP) is 4.22. The minimum absolute atomic E-state index is 0. The highest BCUT2D eigenvalue weighted by atomic mass is 127. The molecule has 3 rings (SSSR count). The Morgan fingerprint density at radius 2 is 1.89 bits per heavy atom. The van der Waals surface area contributed by atoms with E-state index in [2.05, 4.69) is 47.6 Å². The zero-order valence-electron chi connectivity index (χ0n) is 16.7. The molecule has 0 aliphatic carbocycles. The van der Waals surface area contributed by atoms with Crippen LogP contribution >= 0.6 is 24.0 Å². The summed E-state index contributed by atoms with van der Waals surface area (Å²) in [4.78, 5) is 9.18. The van der Waals surface area contributed by atoms with Crippen LogP contribution in [0.3, 0.4) is 0 Å². The van der Waals surface area contributed by atoms with Crippen LogP contribution in [0.2, 0.25) is 0 Å². The Hall–Kier alpha value is -2.16. The van der Waals surface area contributed by atoms with E-state index in [1.807, 2.05) is 30.5 Å². The maximum absolute atomic E-state index is 5.45. The van der Waals surface area contributed by atoms with E-state index in [0.717, 1.165) is 58.8 Å². The van der Waals surface area contributed by atoms with Crippen LogP contribution in [0.4, 0.5) is 0 Å². The third kappa shape index (κ3) is 5.21. The molecule has 28 heavy (non-hydrogen) atoms.